The molecule has 0 saturated carbocycles. The summed E-state index contributed by atoms with van der Waals surface area (Å²) >= 11 is 5.44. The maximum Gasteiger partial charge on any atom is 0.318 e. The van der Waals surface area contributed by atoms with Gasteiger partial charge in [0.2, 0.25) is 11.8 Å². The summed E-state index contributed by atoms with van der Waals surface area (Å²) in [5.41, 5.74) is 4.97. The molecule has 72 valence electrons. The number of rotatable bonds is 4. The molecule has 0 spiro atoms. The lowest BCUT2D eigenvalue weighted by Crippen LogP contribution is -2.30. The maximum absolute atomic E-state index is 10.5. The van der Waals surface area contributed by atoms with Gasteiger partial charge >= 0.3 is 6.01 Å². The van der Waals surface area contributed by atoms with Crippen LogP contribution >= 0.6 is 11.6 Å². The fourth-order valence-corrected chi connectivity index (χ4v) is 0.862. The Hall–Kier alpha value is -1.30. The fraction of sp³-hybridized carbons (Fsp3) is 0.500. The lowest BCUT2D eigenvalue weighted by Gasteiger charge is -2.09. The van der Waals surface area contributed by atoms with Crippen molar-refractivity contribution in [3.8, 4) is 0 Å². The number of likely N-dealkylation sites (N-methyl/N-ethyl adjacent to an activating group) is 1. The second kappa shape index (κ2) is 4.08. The molecule has 0 bridgehead atoms. The number of primary amides is 1. The van der Waals surface area contributed by atoms with Gasteiger partial charge in [0.05, 0.1) is 0 Å². The van der Waals surface area contributed by atoms with Crippen LogP contribution in [0.15, 0.2) is 4.42 Å². The number of hydrogen-bond donors (Lipinski definition) is 1. The first-order valence-electron chi connectivity index (χ1n) is 3.51. The molecule has 13 heavy (non-hydrogen) atoms. The summed E-state index contributed by atoms with van der Waals surface area (Å²) < 4.78 is 5.06. The van der Waals surface area contributed by atoms with E-state index in [9.17, 15) is 4.79 Å². The highest BCUT2D eigenvalue weighted by Crippen LogP contribution is 2.10. The molecule has 0 aliphatic rings. The van der Waals surface area contributed by atoms with Crippen LogP contribution in [0, 0.1) is 0 Å². The van der Waals surface area contributed by atoms with Crippen molar-refractivity contribution in [2.45, 2.75) is 5.88 Å². The summed E-state index contributed by atoms with van der Waals surface area (Å²) in [6.45, 7) is 0.0317. The molecular formula is C6H9ClN4O2. The molecule has 7 heteroatoms. The van der Waals surface area contributed by atoms with Crippen LogP contribution in [0.5, 0.6) is 0 Å². The average Bonchev–Trinajstić information content (AvgIpc) is 2.50. The Morgan fingerprint density at radius 3 is 2.85 bits per heavy atom. The minimum Gasteiger partial charge on any atom is -0.407 e. The predicted octanol–water partition coefficient (Wildman–Crippen LogP) is -0.270. The monoisotopic (exact) mass is 204 g/mol. The topological polar surface area (TPSA) is 85.2 Å². The average molecular weight is 205 g/mol. The van der Waals surface area contributed by atoms with Gasteiger partial charge in [-0.3, -0.25) is 4.79 Å². The van der Waals surface area contributed by atoms with E-state index in [4.69, 9.17) is 21.8 Å². The van der Waals surface area contributed by atoms with Gasteiger partial charge in [-0.05, 0) is 0 Å². The number of hydrogen-bond acceptors (Lipinski definition) is 5. The predicted molar refractivity (Wildman–Crippen MR) is 46.3 cm³/mol. The van der Waals surface area contributed by atoms with Crippen molar-refractivity contribution in [3.63, 3.8) is 0 Å². The van der Waals surface area contributed by atoms with Gasteiger partial charge in [0.15, 0.2) is 0 Å². The molecule has 2 N–H and O–H groups in total. The molecule has 0 saturated heterocycles. The molecule has 1 aromatic heterocycles. The molecule has 1 rings (SSSR count). The zero-order valence-electron chi connectivity index (χ0n) is 7.03. The molecule has 0 aliphatic heterocycles. The van der Waals surface area contributed by atoms with Crippen LogP contribution in [0.2, 0.25) is 0 Å². The summed E-state index contributed by atoms with van der Waals surface area (Å²) in [6.07, 6.45) is 0. The Kier molecular flexibility index (Phi) is 3.07. The minimum absolute atomic E-state index is 0.0317. The molecule has 0 fully saturated rings. The van der Waals surface area contributed by atoms with E-state index in [1.165, 1.54) is 4.90 Å². The number of nitrogens with zero attached hydrogens (tertiary/aromatic N) is 3. The normalized spacial score (nSPS) is 10.0. The molecule has 0 atom stereocenters. The third kappa shape index (κ3) is 2.59. The zero-order valence-corrected chi connectivity index (χ0v) is 7.78. The summed E-state index contributed by atoms with van der Waals surface area (Å²) in [4.78, 5) is 12.0. The minimum atomic E-state index is -0.465. The molecule has 0 unspecified atom stereocenters. The van der Waals surface area contributed by atoms with E-state index < -0.39 is 5.91 Å². The van der Waals surface area contributed by atoms with Gasteiger partial charge in [0, 0.05) is 7.05 Å². The molecule has 1 heterocycles. The van der Waals surface area contributed by atoms with Gasteiger partial charge in [0.25, 0.3) is 0 Å². The van der Waals surface area contributed by atoms with Crippen LogP contribution in [0.4, 0.5) is 6.01 Å². The number of amides is 1. The van der Waals surface area contributed by atoms with Crippen molar-refractivity contribution in [1.82, 2.24) is 10.2 Å². The highest BCUT2D eigenvalue weighted by Gasteiger charge is 2.11. The Labute approximate surface area is 79.7 Å². The number of nitrogens with two attached hydrogens (primary N) is 1. The summed E-state index contributed by atoms with van der Waals surface area (Å²) in [5, 5.41) is 7.28. The summed E-state index contributed by atoms with van der Waals surface area (Å²) in [5.74, 6) is -0.00154. The SMILES string of the molecule is CN(CC(N)=O)c1nnc(CCl)o1. The van der Waals surface area contributed by atoms with E-state index in [1.54, 1.807) is 7.05 Å². The van der Waals surface area contributed by atoms with Crippen molar-refractivity contribution in [2.24, 2.45) is 5.73 Å². The van der Waals surface area contributed by atoms with Crippen LogP contribution in [-0.2, 0) is 10.7 Å². The van der Waals surface area contributed by atoms with Crippen LogP contribution in [0.3, 0.4) is 0 Å². The summed E-state index contributed by atoms with van der Waals surface area (Å²) in [6, 6.07) is 0.231. The van der Waals surface area contributed by atoms with Gasteiger partial charge in [-0.1, -0.05) is 5.10 Å². The highest BCUT2D eigenvalue weighted by atomic mass is 35.5. The zero-order chi connectivity index (χ0) is 9.84. The van der Waals surface area contributed by atoms with Crippen molar-refractivity contribution >= 4 is 23.5 Å². The lowest BCUT2D eigenvalue weighted by atomic mass is 10.6. The molecule has 0 aliphatic carbocycles. The third-order valence-corrected chi connectivity index (χ3v) is 1.52. The van der Waals surface area contributed by atoms with Crippen molar-refractivity contribution in [2.75, 3.05) is 18.5 Å². The number of alkyl halides is 1. The van der Waals surface area contributed by atoms with E-state index in [2.05, 4.69) is 10.2 Å². The van der Waals surface area contributed by atoms with Crippen LogP contribution < -0.4 is 10.6 Å². The second-order valence-electron chi connectivity index (χ2n) is 2.43. The smallest absolute Gasteiger partial charge is 0.318 e. The van der Waals surface area contributed by atoms with Crippen LogP contribution in [-0.4, -0.2) is 29.7 Å². The number of halogens is 1. The van der Waals surface area contributed by atoms with Gasteiger partial charge in [0.1, 0.15) is 12.4 Å². The fourth-order valence-electron chi connectivity index (χ4n) is 0.754. The molecule has 1 amide bonds. The van der Waals surface area contributed by atoms with Crippen molar-refractivity contribution in [3.05, 3.63) is 5.89 Å². The van der Waals surface area contributed by atoms with E-state index in [0.29, 0.717) is 5.89 Å². The molecule has 0 aromatic carbocycles. The van der Waals surface area contributed by atoms with E-state index in [-0.39, 0.29) is 18.4 Å². The first-order valence-corrected chi connectivity index (χ1v) is 4.04. The third-order valence-electron chi connectivity index (χ3n) is 1.29. The lowest BCUT2D eigenvalue weighted by molar-refractivity contribution is -0.116. The van der Waals surface area contributed by atoms with Crippen LogP contribution in [0.25, 0.3) is 0 Å². The van der Waals surface area contributed by atoms with Crippen molar-refractivity contribution < 1.29 is 9.21 Å². The van der Waals surface area contributed by atoms with E-state index >= 15 is 0 Å². The molecule has 1 aromatic rings. The molecule has 0 radical (unpaired) electrons. The Morgan fingerprint density at radius 1 is 1.69 bits per heavy atom. The van der Waals surface area contributed by atoms with Gasteiger partial charge in [-0.25, -0.2) is 0 Å². The summed E-state index contributed by atoms with van der Waals surface area (Å²) in [7, 11) is 1.62. The van der Waals surface area contributed by atoms with Crippen LogP contribution in [0.1, 0.15) is 5.89 Å². The number of aromatic nitrogens is 2. The number of carbonyl (C=O) groups is 1. The molecule has 6 nitrogen and oxygen atoms in total. The first kappa shape index (κ1) is 9.79. The number of carbonyl (C=O) groups excluding carboxylic acids is 1. The molecular weight excluding hydrogens is 196 g/mol. The first-order chi connectivity index (χ1) is 6.13. The van der Waals surface area contributed by atoms with E-state index in [0.717, 1.165) is 0 Å². The highest BCUT2D eigenvalue weighted by molar-refractivity contribution is 6.16. The maximum atomic E-state index is 10.5. The van der Waals surface area contributed by atoms with Gasteiger partial charge in [-0.15, -0.1) is 16.7 Å². The Morgan fingerprint density at radius 2 is 2.38 bits per heavy atom. The standard InChI is InChI=1S/C6H9ClN4O2/c1-11(3-4(8)12)6-10-9-5(2-7)13-6/h2-3H2,1H3,(H2,8,12). The van der Waals surface area contributed by atoms with Gasteiger partial charge in [-0.2, -0.15) is 0 Å². The van der Waals surface area contributed by atoms with E-state index in [1.807, 2.05) is 0 Å². The van der Waals surface area contributed by atoms with Gasteiger partial charge < -0.3 is 15.1 Å². The Bertz CT molecular complexity index is 301. The number of anilines is 1. The van der Waals surface area contributed by atoms with Crippen molar-refractivity contribution in [1.29, 1.82) is 0 Å². The largest absolute Gasteiger partial charge is 0.407 e. The Balaban J connectivity index is 2.65. The second-order valence-corrected chi connectivity index (χ2v) is 2.70. The quantitative estimate of drug-likeness (QED) is 0.683.